The van der Waals surface area contributed by atoms with Crippen molar-refractivity contribution in [3.05, 3.63) is 70.1 Å². The van der Waals surface area contributed by atoms with Crippen LogP contribution in [0.1, 0.15) is 18.1 Å². The minimum absolute atomic E-state index is 0.310. The number of amides is 2. The molecule has 4 rings (SSSR count). The number of imide groups is 1. The number of carbonyl (C=O) groups excluding carboxylic acids is 2. The van der Waals surface area contributed by atoms with Crippen LogP contribution in [0.25, 0.3) is 5.57 Å². The molecule has 7 heteroatoms. The van der Waals surface area contributed by atoms with Crippen LogP contribution in [0.15, 0.2) is 48.2 Å². The average Bonchev–Trinajstić information content (AvgIpc) is 3.00. The number of piperazine rings is 1. The maximum absolute atomic E-state index is 13.6. The second-order valence-corrected chi connectivity index (χ2v) is 7.96. The third kappa shape index (κ3) is 3.61. The van der Waals surface area contributed by atoms with Gasteiger partial charge in [-0.15, -0.1) is 0 Å². The number of hydrogen-bond donors (Lipinski definition) is 0. The SMILES string of the molecule is CCN1CCN(C2=C(c3ccc(F)cc3)C(=O)N(c3cc(Cl)ccc3C)C2=O)CC1. The minimum atomic E-state index is -0.412. The lowest BCUT2D eigenvalue weighted by Crippen LogP contribution is -2.47. The van der Waals surface area contributed by atoms with Crippen molar-refractivity contribution in [2.75, 3.05) is 37.6 Å². The molecule has 0 aliphatic carbocycles. The summed E-state index contributed by atoms with van der Waals surface area (Å²) in [4.78, 5) is 32.5. The summed E-state index contributed by atoms with van der Waals surface area (Å²) in [5.74, 6) is -1.17. The number of nitrogens with zero attached hydrogens (tertiary/aromatic N) is 3. The minimum Gasteiger partial charge on any atom is -0.364 e. The quantitative estimate of drug-likeness (QED) is 0.698. The van der Waals surface area contributed by atoms with E-state index in [0.717, 1.165) is 25.2 Å². The summed E-state index contributed by atoms with van der Waals surface area (Å²) < 4.78 is 13.5. The Kier molecular flexibility index (Phi) is 5.62. The van der Waals surface area contributed by atoms with Crippen molar-refractivity contribution >= 4 is 34.7 Å². The lowest BCUT2D eigenvalue weighted by molar-refractivity contribution is -0.120. The summed E-state index contributed by atoms with van der Waals surface area (Å²) in [7, 11) is 0. The number of benzene rings is 2. The Bertz CT molecular complexity index is 1030. The molecule has 0 radical (unpaired) electrons. The summed E-state index contributed by atoms with van der Waals surface area (Å²) in [6.07, 6.45) is 0. The summed E-state index contributed by atoms with van der Waals surface area (Å²) in [5.41, 5.74) is 2.46. The average molecular weight is 428 g/mol. The first-order valence-electron chi connectivity index (χ1n) is 10.0. The van der Waals surface area contributed by atoms with Gasteiger partial charge in [-0.2, -0.15) is 0 Å². The van der Waals surface area contributed by atoms with Crippen molar-refractivity contribution in [3.63, 3.8) is 0 Å². The van der Waals surface area contributed by atoms with E-state index < -0.39 is 11.7 Å². The van der Waals surface area contributed by atoms with Crippen molar-refractivity contribution in [3.8, 4) is 0 Å². The van der Waals surface area contributed by atoms with Crippen LogP contribution < -0.4 is 4.90 Å². The van der Waals surface area contributed by atoms with E-state index >= 15 is 0 Å². The molecule has 2 aromatic rings. The van der Waals surface area contributed by atoms with Gasteiger partial charge < -0.3 is 9.80 Å². The number of hydrogen-bond acceptors (Lipinski definition) is 4. The van der Waals surface area contributed by atoms with Crippen LogP contribution in [0.3, 0.4) is 0 Å². The Morgan fingerprint density at radius 1 is 0.967 bits per heavy atom. The number of likely N-dealkylation sites (N-methyl/N-ethyl adjacent to an activating group) is 1. The Morgan fingerprint density at radius 3 is 2.27 bits per heavy atom. The van der Waals surface area contributed by atoms with Gasteiger partial charge in [0.1, 0.15) is 11.5 Å². The zero-order valence-corrected chi connectivity index (χ0v) is 17.7. The van der Waals surface area contributed by atoms with E-state index in [0.29, 0.717) is 40.6 Å². The van der Waals surface area contributed by atoms with Crippen molar-refractivity contribution in [2.45, 2.75) is 13.8 Å². The standard InChI is InChI=1S/C23H23ClFN3O2/c1-3-26-10-12-27(13-11-26)21-20(16-5-8-18(25)9-6-16)22(29)28(23(21)30)19-14-17(24)7-4-15(19)2/h4-9,14H,3,10-13H2,1-2H3. The summed E-state index contributed by atoms with van der Waals surface area (Å²) in [6.45, 7) is 7.81. The molecule has 2 aromatic carbocycles. The molecule has 0 aromatic heterocycles. The van der Waals surface area contributed by atoms with E-state index in [-0.39, 0.29) is 5.91 Å². The fraction of sp³-hybridized carbons (Fsp3) is 0.304. The largest absolute Gasteiger partial charge is 0.364 e. The van der Waals surface area contributed by atoms with Crippen LogP contribution in [0.5, 0.6) is 0 Å². The molecule has 0 atom stereocenters. The van der Waals surface area contributed by atoms with E-state index in [2.05, 4.69) is 11.8 Å². The van der Waals surface area contributed by atoms with E-state index in [9.17, 15) is 14.0 Å². The molecular formula is C23H23ClFN3O2. The van der Waals surface area contributed by atoms with Crippen molar-refractivity contribution in [1.29, 1.82) is 0 Å². The molecule has 2 aliphatic rings. The Morgan fingerprint density at radius 2 is 1.63 bits per heavy atom. The van der Waals surface area contributed by atoms with Gasteiger partial charge in [-0.05, 0) is 48.9 Å². The van der Waals surface area contributed by atoms with Crippen LogP contribution in [0.4, 0.5) is 10.1 Å². The Hall–Kier alpha value is -2.70. The number of aryl methyl sites for hydroxylation is 1. The van der Waals surface area contributed by atoms with E-state index in [1.165, 1.54) is 17.0 Å². The van der Waals surface area contributed by atoms with Gasteiger partial charge in [0, 0.05) is 31.2 Å². The van der Waals surface area contributed by atoms with Crippen LogP contribution >= 0.6 is 11.6 Å². The van der Waals surface area contributed by atoms with Gasteiger partial charge in [0.05, 0.1) is 11.3 Å². The highest BCUT2D eigenvalue weighted by atomic mass is 35.5. The third-order valence-corrected chi connectivity index (χ3v) is 5.98. The van der Waals surface area contributed by atoms with Crippen LogP contribution in [-0.2, 0) is 9.59 Å². The maximum Gasteiger partial charge on any atom is 0.282 e. The fourth-order valence-electron chi connectivity index (χ4n) is 4.02. The molecule has 1 saturated heterocycles. The number of carbonyl (C=O) groups is 2. The topological polar surface area (TPSA) is 43.9 Å². The van der Waals surface area contributed by atoms with Crippen molar-refractivity contribution in [2.24, 2.45) is 0 Å². The van der Waals surface area contributed by atoms with Crippen LogP contribution in [0, 0.1) is 12.7 Å². The number of rotatable bonds is 4. The van der Waals surface area contributed by atoms with Crippen molar-refractivity contribution < 1.29 is 14.0 Å². The van der Waals surface area contributed by atoms with Gasteiger partial charge in [-0.3, -0.25) is 9.59 Å². The molecule has 0 bridgehead atoms. The van der Waals surface area contributed by atoms with Gasteiger partial charge in [-0.1, -0.05) is 36.7 Å². The molecule has 5 nitrogen and oxygen atoms in total. The van der Waals surface area contributed by atoms with Gasteiger partial charge in [0.25, 0.3) is 11.8 Å². The maximum atomic E-state index is 13.6. The summed E-state index contributed by atoms with van der Waals surface area (Å²) in [6, 6.07) is 10.9. The first kappa shape index (κ1) is 20.6. The Balaban J connectivity index is 1.80. The predicted octanol–water partition coefficient (Wildman–Crippen LogP) is 3.71. The molecule has 2 amide bonds. The van der Waals surface area contributed by atoms with Gasteiger partial charge in [0.2, 0.25) is 0 Å². The molecule has 0 unspecified atom stereocenters. The molecule has 30 heavy (non-hydrogen) atoms. The Labute approximate surface area is 180 Å². The van der Waals surface area contributed by atoms with Crippen LogP contribution in [0.2, 0.25) is 5.02 Å². The summed E-state index contributed by atoms with van der Waals surface area (Å²) >= 11 is 6.16. The molecule has 156 valence electrons. The van der Waals surface area contributed by atoms with Crippen LogP contribution in [-0.4, -0.2) is 54.3 Å². The zero-order valence-electron chi connectivity index (χ0n) is 17.0. The van der Waals surface area contributed by atoms with Gasteiger partial charge >= 0.3 is 0 Å². The van der Waals surface area contributed by atoms with E-state index in [4.69, 9.17) is 11.6 Å². The molecule has 0 spiro atoms. The molecule has 0 N–H and O–H groups in total. The highest BCUT2D eigenvalue weighted by Crippen LogP contribution is 2.37. The first-order valence-corrected chi connectivity index (χ1v) is 10.4. The van der Waals surface area contributed by atoms with Crippen molar-refractivity contribution in [1.82, 2.24) is 9.80 Å². The first-order chi connectivity index (χ1) is 14.4. The zero-order chi connectivity index (χ0) is 21.4. The fourth-order valence-corrected chi connectivity index (χ4v) is 4.18. The molecule has 0 saturated carbocycles. The molecule has 2 heterocycles. The molecule has 2 aliphatic heterocycles. The summed E-state index contributed by atoms with van der Waals surface area (Å²) in [5, 5.41) is 0.449. The second-order valence-electron chi connectivity index (χ2n) is 7.53. The predicted molar refractivity (Wildman–Crippen MR) is 116 cm³/mol. The van der Waals surface area contributed by atoms with E-state index in [1.807, 2.05) is 11.8 Å². The lowest BCUT2D eigenvalue weighted by atomic mass is 10.0. The molecular weight excluding hydrogens is 405 g/mol. The normalized spacial score (nSPS) is 18.0. The smallest absolute Gasteiger partial charge is 0.282 e. The highest BCUT2D eigenvalue weighted by Gasteiger charge is 2.43. The number of halogens is 2. The van der Waals surface area contributed by atoms with Gasteiger partial charge in [-0.25, -0.2) is 9.29 Å². The highest BCUT2D eigenvalue weighted by molar-refractivity contribution is 6.45. The monoisotopic (exact) mass is 427 g/mol. The van der Waals surface area contributed by atoms with Gasteiger partial charge in [0.15, 0.2) is 0 Å². The number of anilines is 1. The van der Waals surface area contributed by atoms with E-state index in [1.54, 1.807) is 30.3 Å². The third-order valence-electron chi connectivity index (χ3n) is 5.74. The second kappa shape index (κ2) is 8.20. The lowest BCUT2D eigenvalue weighted by Gasteiger charge is -2.36. The molecule has 1 fully saturated rings.